The minimum Gasteiger partial charge on any atom is -0.333 e. The Morgan fingerprint density at radius 3 is 2.92 bits per heavy atom. The first-order chi connectivity index (χ1) is 6.27. The van der Waals surface area contributed by atoms with Crippen molar-refractivity contribution in [2.75, 3.05) is 0 Å². The van der Waals surface area contributed by atoms with E-state index >= 15 is 0 Å². The summed E-state index contributed by atoms with van der Waals surface area (Å²) in [7, 11) is 0. The van der Waals surface area contributed by atoms with Gasteiger partial charge in [-0.3, -0.25) is 4.98 Å². The lowest BCUT2D eigenvalue weighted by Crippen LogP contribution is -1.84. The Kier molecular flexibility index (Phi) is 2.05. The van der Waals surface area contributed by atoms with Crippen molar-refractivity contribution in [3.63, 3.8) is 0 Å². The van der Waals surface area contributed by atoms with Gasteiger partial charge in [0.1, 0.15) is 0 Å². The standard InChI is InChI=1S/C7H3BrFN3O/c8-7-11-6(13-12-7)4-1-2-10-3-5(4)9/h1-3H. The van der Waals surface area contributed by atoms with Gasteiger partial charge in [0.05, 0.1) is 11.8 Å². The highest BCUT2D eigenvalue weighted by Crippen LogP contribution is 2.20. The number of hydrogen-bond donors (Lipinski definition) is 0. The molecule has 0 N–H and O–H groups in total. The third kappa shape index (κ3) is 1.57. The van der Waals surface area contributed by atoms with Gasteiger partial charge < -0.3 is 4.52 Å². The van der Waals surface area contributed by atoms with E-state index in [1.54, 1.807) is 0 Å². The molecule has 0 radical (unpaired) electrons. The minimum atomic E-state index is -0.487. The number of hydrogen-bond acceptors (Lipinski definition) is 4. The second-order valence-corrected chi connectivity index (χ2v) is 2.93. The molecular weight excluding hydrogens is 241 g/mol. The molecule has 2 aromatic rings. The zero-order chi connectivity index (χ0) is 9.26. The third-order valence-corrected chi connectivity index (χ3v) is 1.73. The molecule has 2 rings (SSSR count). The summed E-state index contributed by atoms with van der Waals surface area (Å²) in [6, 6.07) is 1.47. The Morgan fingerprint density at radius 2 is 2.31 bits per heavy atom. The number of pyridine rings is 1. The van der Waals surface area contributed by atoms with E-state index in [1.165, 1.54) is 12.3 Å². The summed E-state index contributed by atoms with van der Waals surface area (Å²) in [4.78, 5) is 7.41. The van der Waals surface area contributed by atoms with Crippen LogP contribution in [0.2, 0.25) is 0 Å². The van der Waals surface area contributed by atoms with E-state index in [0.29, 0.717) is 4.73 Å². The van der Waals surface area contributed by atoms with Gasteiger partial charge in [-0.05, 0) is 27.2 Å². The van der Waals surface area contributed by atoms with Crippen LogP contribution in [0.1, 0.15) is 0 Å². The molecule has 0 fully saturated rings. The molecule has 0 amide bonds. The van der Waals surface area contributed by atoms with Crippen molar-refractivity contribution >= 4 is 15.9 Å². The van der Waals surface area contributed by atoms with Crippen molar-refractivity contribution in [1.82, 2.24) is 15.1 Å². The average molecular weight is 244 g/mol. The second-order valence-electron chi connectivity index (χ2n) is 2.22. The normalized spacial score (nSPS) is 10.3. The molecule has 0 atom stereocenters. The van der Waals surface area contributed by atoms with Crippen molar-refractivity contribution in [3.05, 3.63) is 29.0 Å². The van der Waals surface area contributed by atoms with Crippen molar-refractivity contribution in [2.24, 2.45) is 0 Å². The number of halogens is 2. The molecule has 0 spiro atoms. The van der Waals surface area contributed by atoms with Crippen LogP contribution in [-0.2, 0) is 0 Å². The van der Waals surface area contributed by atoms with Gasteiger partial charge in [-0.15, -0.1) is 0 Å². The van der Waals surface area contributed by atoms with Crippen molar-refractivity contribution in [2.45, 2.75) is 0 Å². The van der Waals surface area contributed by atoms with E-state index in [1.807, 2.05) is 0 Å². The van der Waals surface area contributed by atoms with Gasteiger partial charge in [-0.2, -0.15) is 4.98 Å². The van der Waals surface area contributed by atoms with Crippen LogP contribution in [0.5, 0.6) is 0 Å². The van der Waals surface area contributed by atoms with Crippen molar-refractivity contribution in [1.29, 1.82) is 0 Å². The smallest absolute Gasteiger partial charge is 0.261 e. The van der Waals surface area contributed by atoms with Gasteiger partial charge in [0, 0.05) is 6.20 Å². The first-order valence-corrected chi connectivity index (χ1v) is 4.16. The number of nitrogens with zero attached hydrogens (tertiary/aromatic N) is 3. The van der Waals surface area contributed by atoms with Gasteiger partial charge in [0.25, 0.3) is 5.89 Å². The molecular formula is C7H3BrFN3O. The predicted octanol–water partition coefficient (Wildman–Crippen LogP) is 2.03. The Hall–Kier alpha value is -1.30. The zero-order valence-corrected chi connectivity index (χ0v) is 7.82. The highest BCUT2D eigenvalue weighted by atomic mass is 79.9. The summed E-state index contributed by atoms with van der Waals surface area (Å²) in [5.74, 6) is -0.356. The summed E-state index contributed by atoms with van der Waals surface area (Å²) in [6.45, 7) is 0. The molecule has 0 saturated carbocycles. The summed E-state index contributed by atoms with van der Waals surface area (Å²) in [5, 5.41) is 3.48. The molecule has 0 unspecified atom stereocenters. The van der Waals surface area contributed by atoms with E-state index in [4.69, 9.17) is 4.52 Å². The molecule has 0 aromatic carbocycles. The van der Waals surface area contributed by atoms with E-state index in [0.717, 1.165) is 6.20 Å². The molecule has 0 aliphatic heterocycles. The molecule has 6 heteroatoms. The van der Waals surface area contributed by atoms with Crippen molar-refractivity contribution < 1.29 is 8.91 Å². The lowest BCUT2D eigenvalue weighted by Gasteiger charge is -1.93. The molecule has 0 aliphatic rings. The van der Waals surface area contributed by atoms with Crippen LogP contribution in [0.3, 0.4) is 0 Å². The summed E-state index contributed by atoms with van der Waals surface area (Å²) < 4.78 is 18.1. The minimum absolute atomic E-state index is 0.131. The highest BCUT2D eigenvalue weighted by Gasteiger charge is 2.11. The van der Waals surface area contributed by atoms with Crippen LogP contribution >= 0.6 is 15.9 Å². The molecule has 0 saturated heterocycles. The predicted molar refractivity (Wildman–Crippen MR) is 45.2 cm³/mol. The van der Waals surface area contributed by atoms with Gasteiger partial charge in [0.15, 0.2) is 5.82 Å². The van der Waals surface area contributed by atoms with E-state index in [-0.39, 0.29) is 11.5 Å². The molecule has 0 bridgehead atoms. The van der Waals surface area contributed by atoms with Gasteiger partial charge in [0.2, 0.25) is 4.73 Å². The fraction of sp³-hybridized carbons (Fsp3) is 0. The zero-order valence-electron chi connectivity index (χ0n) is 6.24. The molecule has 13 heavy (non-hydrogen) atoms. The van der Waals surface area contributed by atoms with E-state index < -0.39 is 5.82 Å². The SMILES string of the molecule is Fc1cnccc1-c1nc(Br)no1. The highest BCUT2D eigenvalue weighted by molar-refractivity contribution is 9.10. The van der Waals surface area contributed by atoms with Crippen molar-refractivity contribution in [3.8, 4) is 11.5 Å². The fourth-order valence-electron chi connectivity index (χ4n) is 0.864. The lowest BCUT2D eigenvalue weighted by molar-refractivity contribution is 0.424. The number of rotatable bonds is 1. The second kappa shape index (κ2) is 3.21. The maximum atomic E-state index is 13.1. The quantitative estimate of drug-likeness (QED) is 0.770. The lowest BCUT2D eigenvalue weighted by atomic mass is 10.2. The van der Waals surface area contributed by atoms with E-state index in [9.17, 15) is 4.39 Å². The van der Waals surface area contributed by atoms with Gasteiger partial charge in [-0.1, -0.05) is 0 Å². The Balaban J connectivity index is 2.52. The Bertz CT molecular complexity index is 431. The monoisotopic (exact) mass is 243 g/mol. The molecule has 4 nitrogen and oxygen atoms in total. The summed E-state index contributed by atoms with van der Waals surface area (Å²) in [6.07, 6.45) is 2.55. The summed E-state index contributed by atoms with van der Waals surface area (Å²) in [5.41, 5.74) is 0.244. The first-order valence-electron chi connectivity index (χ1n) is 3.36. The Labute approximate surface area is 80.9 Å². The molecule has 2 aromatic heterocycles. The molecule has 0 aliphatic carbocycles. The maximum absolute atomic E-state index is 13.1. The molecule has 66 valence electrons. The van der Waals surface area contributed by atoms with E-state index in [2.05, 4.69) is 31.1 Å². The number of aromatic nitrogens is 3. The maximum Gasteiger partial charge on any atom is 0.261 e. The van der Waals surface area contributed by atoms with Crippen LogP contribution in [0, 0.1) is 5.82 Å². The summed E-state index contributed by atoms with van der Waals surface area (Å²) >= 11 is 3.00. The van der Waals surface area contributed by atoms with Crippen LogP contribution in [0.4, 0.5) is 4.39 Å². The molecule has 2 heterocycles. The third-order valence-electron chi connectivity index (χ3n) is 1.40. The topological polar surface area (TPSA) is 51.8 Å². The van der Waals surface area contributed by atoms with Crippen LogP contribution in [0.15, 0.2) is 27.7 Å². The fourth-order valence-corrected chi connectivity index (χ4v) is 1.10. The van der Waals surface area contributed by atoms with Crippen LogP contribution < -0.4 is 0 Å². The van der Waals surface area contributed by atoms with Crippen LogP contribution in [-0.4, -0.2) is 15.1 Å². The van der Waals surface area contributed by atoms with Gasteiger partial charge in [-0.25, -0.2) is 4.39 Å². The average Bonchev–Trinajstić information content (AvgIpc) is 2.53. The first kappa shape index (κ1) is 8.31. The van der Waals surface area contributed by atoms with Crippen LogP contribution in [0.25, 0.3) is 11.5 Å². The Morgan fingerprint density at radius 1 is 1.46 bits per heavy atom. The largest absolute Gasteiger partial charge is 0.333 e. The van der Waals surface area contributed by atoms with Gasteiger partial charge >= 0.3 is 0 Å².